The summed E-state index contributed by atoms with van der Waals surface area (Å²) in [4.78, 5) is 13.7. The Morgan fingerprint density at radius 3 is 2.76 bits per heavy atom. The number of hydrogen-bond acceptors (Lipinski definition) is 4. The number of benzene rings is 1. The summed E-state index contributed by atoms with van der Waals surface area (Å²) in [5.74, 6) is -0.401. The van der Waals surface area contributed by atoms with Gasteiger partial charge in [0, 0.05) is 10.3 Å². The van der Waals surface area contributed by atoms with E-state index in [0.717, 1.165) is 17.5 Å². The van der Waals surface area contributed by atoms with Gasteiger partial charge in [0.05, 0.1) is 23.1 Å². The van der Waals surface area contributed by atoms with Crippen LogP contribution in [0.15, 0.2) is 35.7 Å². The number of carbonyl (C=O) groups is 1. The predicted octanol–water partition coefficient (Wildman–Crippen LogP) is 3.93. The Morgan fingerprint density at radius 2 is 2.08 bits per heavy atom. The van der Waals surface area contributed by atoms with Crippen LogP contribution in [0, 0.1) is 5.82 Å². The van der Waals surface area contributed by atoms with Gasteiger partial charge in [-0.3, -0.25) is 4.79 Å². The van der Waals surface area contributed by atoms with E-state index in [4.69, 9.17) is 0 Å². The van der Waals surface area contributed by atoms with Gasteiger partial charge in [-0.1, -0.05) is 19.1 Å². The smallest absolute Gasteiger partial charge is 0.224 e. The summed E-state index contributed by atoms with van der Waals surface area (Å²) in [6, 6.07) is 7.90. The van der Waals surface area contributed by atoms with Crippen LogP contribution in [0.1, 0.15) is 22.9 Å². The highest BCUT2D eigenvalue weighted by atomic mass is 32.2. The molecule has 2 N–H and O–H groups in total. The Balaban J connectivity index is 1.63. The maximum absolute atomic E-state index is 13.0. The van der Waals surface area contributed by atoms with Crippen molar-refractivity contribution >= 4 is 38.0 Å². The first-order valence-electron chi connectivity index (χ1n) is 8.22. The number of fused-ring (bicyclic) bond motifs is 1. The van der Waals surface area contributed by atoms with Crippen molar-refractivity contribution in [2.75, 3.05) is 6.61 Å². The van der Waals surface area contributed by atoms with Crippen molar-refractivity contribution in [3.8, 4) is 0 Å². The molecule has 0 saturated carbocycles. The van der Waals surface area contributed by atoms with Crippen molar-refractivity contribution in [3.63, 3.8) is 0 Å². The summed E-state index contributed by atoms with van der Waals surface area (Å²) in [7, 11) is 0. The van der Waals surface area contributed by atoms with Gasteiger partial charge < -0.3 is 10.4 Å². The maximum atomic E-state index is 13.0. The first kappa shape index (κ1) is 18.0. The predicted molar refractivity (Wildman–Crippen MR) is 102 cm³/mol. The molecule has 1 atom stereocenters. The third-order valence-corrected chi connectivity index (χ3v) is 6.53. The van der Waals surface area contributed by atoms with Gasteiger partial charge in [-0.25, -0.2) is 4.39 Å². The van der Waals surface area contributed by atoms with Crippen LogP contribution in [-0.4, -0.2) is 23.7 Å². The second-order valence-electron chi connectivity index (χ2n) is 5.98. The lowest BCUT2D eigenvalue weighted by molar-refractivity contribution is -0.121. The van der Waals surface area contributed by atoms with Crippen molar-refractivity contribution in [1.82, 2.24) is 5.32 Å². The quantitative estimate of drug-likeness (QED) is 0.655. The van der Waals surface area contributed by atoms with E-state index < -0.39 is 0 Å². The fourth-order valence-corrected chi connectivity index (χ4v) is 5.05. The van der Waals surface area contributed by atoms with E-state index in [1.165, 1.54) is 26.4 Å². The third kappa shape index (κ3) is 4.45. The average molecular weight is 378 g/mol. The van der Waals surface area contributed by atoms with Crippen LogP contribution in [0.5, 0.6) is 0 Å². The molecular formula is C19H20FNO2S2. The van der Waals surface area contributed by atoms with E-state index in [1.807, 2.05) is 5.38 Å². The van der Waals surface area contributed by atoms with Crippen LogP contribution < -0.4 is 5.32 Å². The standard InChI is InChI=1S/C19H20FNO2S2/c1-2-16-9-17-13(11-24-19(17)25-16)8-18(23)21-15(10-22)7-12-3-5-14(20)6-4-12/h3-6,9,11,15,22H,2,7-8,10H2,1H3,(H,21,23). The Bertz CT molecular complexity index is 854. The largest absolute Gasteiger partial charge is 0.394 e. The second-order valence-corrected chi connectivity index (χ2v) is 8.26. The molecule has 0 aliphatic heterocycles. The molecule has 0 saturated heterocycles. The van der Waals surface area contributed by atoms with Gasteiger partial charge in [0.1, 0.15) is 5.82 Å². The van der Waals surface area contributed by atoms with Gasteiger partial charge in [0.25, 0.3) is 0 Å². The number of amides is 1. The van der Waals surface area contributed by atoms with Crippen molar-refractivity contribution in [3.05, 3.63) is 57.5 Å². The highest BCUT2D eigenvalue weighted by molar-refractivity contribution is 7.37. The molecule has 0 bridgehead atoms. The molecule has 132 valence electrons. The van der Waals surface area contributed by atoms with Gasteiger partial charge >= 0.3 is 0 Å². The Labute approximate surface area is 154 Å². The molecule has 3 nitrogen and oxygen atoms in total. The molecule has 0 aliphatic rings. The zero-order valence-corrected chi connectivity index (χ0v) is 15.6. The van der Waals surface area contributed by atoms with Gasteiger partial charge in [-0.15, -0.1) is 22.7 Å². The minimum Gasteiger partial charge on any atom is -0.394 e. The molecular weight excluding hydrogens is 357 g/mol. The van der Waals surface area contributed by atoms with E-state index in [9.17, 15) is 14.3 Å². The lowest BCUT2D eigenvalue weighted by Crippen LogP contribution is -2.39. The first-order chi connectivity index (χ1) is 12.1. The van der Waals surface area contributed by atoms with Gasteiger partial charge in [-0.05, 0) is 47.5 Å². The molecule has 0 fully saturated rings. The summed E-state index contributed by atoms with van der Waals surface area (Å²) >= 11 is 3.46. The molecule has 0 spiro atoms. The molecule has 0 aliphatic carbocycles. The fraction of sp³-hybridized carbons (Fsp3) is 0.316. The third-order valence-electron chi connectivity index (χ3n) is 4.08. The zero-order valence-electron chi connectivity index (χ0n) is 13.9. The zero-order chi connectivity index (χ0) is 17.8. The van der Waals surface area contributed by atoms with E-state index in [0.29, 0.717) is 12.8 Å². The molecule has 2 aromatic heterocycles. The van der Waals surface area contributed by atoms with Gasteiger partial charge in [0.2, 0.25) is 5.91 Å². The van der Waals surface area contributed by atoms with E-state index >= 15 is 0 Å². The van der Waals surface area contributed by atoms with Crippen molar-refractivity contribution in [1.29, 1.82) is 0 Å². The van der Waals surface area contributed by atoms with Gasteiger partial charge in [-0.2, -0.15) is 0 Å². The number of carbonyl (C=O) groups excluding carboxylic acids is 1. The number of aliphatic hydroxyl groups excluding tert-OH is 1. The molecule has 25 heavy (non-hydrogen) atoms. The Morgan fingerprint density at radius 1 is 1.32 bits per heavy atom. The lowest BCUT2D eigenvalue weighted by atomic mass is 10.1. The number of halogens is 1. The van der Waals surface area contributed by atoms with Crippen molar-refractivity contribution in [2.45, 2.75) is 32.2 Å². The molecule has 1 aromatic carbocycles. The number of nitrogens with one attached hydrogen (secondary N) is 1. The van der Waals surface area contributed by atoms with Gasteiger partial charge in [0.15, 0.2) is 0 Å². The number of hydrogen-bond donors (Lipinski definition) is 2. The van der Waals surface area contributed by atoms with Crippen LogP contribution in [0.2, 0.25) is 0 Å². The summed E-state index contributed by atoms with van der Waals surface area (Å²) < 4.78 is 14.2. The normalized spacial score (nSPS) is 12.4. The van der Waals surface area contributed by atoms with E-state index in [2.05, 4.69) is 18.3 Å². The first-order valence-corrected chi connectivity index (χ1v) is 9.92. The molecule has 6 heteroatoms. The molecule has 3 rings (SSSR count). The monoisotopic (exact) mass is 377 g/mol. The Kier molecular flexibility index (Phi) is 5.83. The van der Waals surface area contributed by atoms with Crippen LogP contribution in [-0.2, 0) is 24.1 Å². The lowest BCUT2D eigenvalue weighted by Gasteiger charge is -2.16. The van der Waals surface area contributed by atoms with Crippen LogP contribution >= 0.6 is 22.7 Å². The average Bonchev–Trinajstić information content (AvgIpc) is 3.17. The van der Waals surface area contributed by atoms with Crippen LogP contribution in [0.4, 0.5) is 4.39 Å². The SMILES string of the molecule is CCc1cc2c(CC(=O)NC(CO)Cc3ccc(F)cc3)csc2s1. The summed E-state index contributed by atoms with van der Waals surface area (Å²) in [5.41, 5.74) is 1.91. The van der Waals surface area contributed by atoms with Crippen LogP contribution in [0.25, 0.3) is 9.40 Å². The van der Waals surface area contributed by atoms with E-state index in [-0.39, 0.29) is 24.4 Å². The number of aliphatic hydroxyl groups is 1. The fourth-order valence-electron chi connectivity index (χ4n) is 2.75. The summed E-state index contributed by atoms with van der Waals surface area (Å²) in [6.45, 7) is 1.98. The maximum Gasteiger partial charge on any atom is 0.224 e. The van der Waals surface area contributed by atoms with Crippen molar-refractivity contribution in [2.24, 2.45) is 0 Å². The number of aryl methyl sites for hydroxylation is 1. The number of rotatable bonds is 7. The Hall–Kier alpha value is -1.76. The highest BCUT2D eigenvalue weighted by Gasteiger charge is 2.15. The summed E-state index contributed by atoms with van der Waals surface area (Å²) in [5, 5.41) is 15.6. The molecule has 0 radical (unpaired) electrons. The van der Waals surface area contributed by atoms with Crippen LogP contribution in [0.3, 0.4) is 0 Å². The molecule has 1 amide bonds. The second kappa shape index (κ2) is 8.08. The minimum atomic E-state index is -0.374. The minimum absolute atomic E-state index is 0.106. The molecule has 2 heterocycles. The van der Waals surface area contributed by atoms with Crippen molar-refractivity contribution < 1.29 is 14.3 Å². The molecule has 1 unspecified atom stereocenters. The number of thiophene rings is 2. The topological polar surface area (TPSA) is 49.3 Å². The summed E-state index contributed by atoms with van der Waals surface area (Å²) in [6.07, 6.45) is 1.78. The van der Waals surface area contributed by atoms with E-state index in [1.54, 1.807) is 34.8 Å². The highest BCUT2D eigenvalue weighted by Crippen LogP contribution is 2.34. The molecule has 3 aromatic rings.